The molecule has 1 amide bonds. The predicted molar refractivity (Wildman–Crippen MR) is 98.1 cm³/mol. The molecule has 1 N–H and O–H groups in total. The summed E-state index contributed by atoms with van der Waals surface area (Å²) in [5.41, 5.74) is 3.42. The number of carbonyl (C=O) groups excluding carboxylic acids is 1. The van der Waals surface area contributed by atoms with Gasteiger partial charge in [0.25, 0.3) is 5.91 Å². The molecule has 0 saturated heterocycles. The molecule has 25 heavy (non-hydrogen) atoms. The van der Waals surface area contributed by atoms with E-state index in [1.54, 1.807) is 23.4 Å². The number of nitrogens with zero attached hydrogens (tertiary/aromatic N) is 2. The van der Waals surface area contributed by atoms with Crippen LogP contribution in [-0.4, -0.2) is 15.8 Å². The van der Waals surface area contributed by atoms with Crippen molar-refractivity contribution >= 4 is 27.5 Å². The number of pyridine rings is 1. The Morgan fingerprint density at radius 1 is 1.28 bits per heavy atom. The highest BCUT2D eigenvalue weighted by molar-refractivity contribution is 9.10. The molecule has 3 aromatic rings. The summed E-state index contributed by atoms with van der Waals surface area (Å²) in [5, 5.41) is 3.44. The molecule has 0 radical (unpaired) electrons. The van der Waals surface area contributed by atoms with E-state index in [0.29, 0.717) is 12.1 Å². The summed E-state index contributed by atoms with van der Waals surface area (Å²) in [4.78, 5) is 19.0. The summed E-state index contributed by atoms with van der Waals surface area (Å²) >= 11 is 3.59. The molecule has 1 aliphatic rings. The van der Waals surface area contributed by atoms with Crippen LogP contribution < -0.4 is 5.32 Å². The van der Waals surface area contributed by atoms with Gasteiger partial charge in [-0.05, 0) is 64.8 Å². The Morgan fingerprint density at radius 2 is 2.16 bits per heavy atom. The monoisotopic (exact) mass is 397 g/mol. The first kappa shape index (κ1) is 15.9. The average molecular weight is 398 g/mol. The second-order valence-electron chi connectivity index (χ2n) is 5.98. The van der Waals surface area contributed by atoms with Crippen molar-refractivity contribution in [3.63, 3.8) is 0 Å². The first-order valence-corrected chi connectivity index (χ1v) is 8.74. The first-order chi connectivity index (χ1) is 12.1. The number of nitrogens with one attached hydrogen (secondary N) is 1. The molecule has 126 valence electrons. The molecule has 1 aromatic carbocycles. The summed E-state index contributed by atoms with van der Waals surface area (Å²) in [6.45, 7) is 2.41. The minimum Gasteiger partial charge on any atom is -0.467 e. The van der Waals surface area contributed by atoms with Gasteiger partial charge in [0.1, 0.15) is 11.9 Å². The fraction of sp³-hybridized carbons (Fsp3) is 0.158. The Balaban J connectivity index is 1.71. The lowest BCUT2D eigenvalue weighted by molar-refractivity contribution is 0.0714. The quantitative estimate of drug-likeness (QED) is 0.703. The van der Waals surface area contributed by atoms with Gasteiger partial charge < -0.3 is 14.6 Å². The van der Waals surface area contributed by atoms with E-state index in [0.717, 1.165) is 27.2 Å². The second-order valence-corrected chi connectivity index (χ2v) is 6.83. The molecule has 0 spiro atoms. The number of hydrogen-bond acceptors (Lipinski definition) is 4. The molecule has 3 heterocycles. The topological polar surface area (TPSA) is 58.4 Å². The fourth-order valence-corrected chi connectivity index (χ4v) is 3.61. The maximum Gasteiger partial charge on any atom is 0.258 e. The molecule has 0 unspecified atom stereocenters. The maximum absolute atomic E-state index is 12.9. The number of carbonyl (C=O) groups is 1. The number of fused-ring (bicyclic) bond motifs is 1. The van der Waals surface area contributed by atoms with Crippen LogP contribution in [0.3, 0.4) is 0 Å². The third-order valence-corrected chi connectivity index (χ3v) is 4.88. The lowest BCUT2D eigenvalue weighted by Gasteiger charge is -2.26. The number of anilines is 1. The van der Waals surface area contributed by atoms with Gasteiger partial charge in [-0.2, -0.15) is 0 Å². The number of hydrogen-bond donors (Lipinski definition) is 1. The van der Waals surface area contributed by atoms with Crippen molar-refractivity contribution in [3.05, 3.63) is 82.0 Å². The Labute approximate surface area is 153 Å². The summed E-state index contributed by atoms with van der Waals surface area (Å²) in [5.74, 6) is 0.677. The molecule has 0 aliphatic carbocycles. The highest BCUT2D eigenvalue weighted by atomic mass is 79.9. The molecule has 0 fully saturated rings. The number of amides is 1. The maximum atomic E-state index is 12.9. The number of furan rings is 1. The number of aryl methyl sites for hydroxylation is 1. The number of rotatable bonds is 4. The molecule has 2 aromatic heterocycles. The van der Waals surface area contributed by atoms with E-state index in [2.05, 4.69) is 26.2 Å². The van der Waals surface area contributed by atoms with Crippen LogP contribution in [0.15, 0.2) is 63.8 Å². The van der Waals surface area contributed by atoms with Crippen LogP contribution >= 0.6 is 15.9 Å². The molecular weight excluding hydrogens is 382 g/mol. The lowest BCUT2D eigenvalue weighted by Crippen LogP contribution is -2.32. The van der Waals surface area contributed by atoms with Crippen molar-refractivity contribution in [2.24, 2.45) is 0 Å². The van der Waals surface area contributed by atoms with Crippen LogP contribution in [0.2, 0.25) is 0 Å². The molecule has 1 aliphatic heterocycles. The highest BCUT2D eigenvalue weighted by Gasteiger charge is 2.38. The van der Waals surface area contributed by atoms with E-state index in [1.165, 1.54) is 0 Å². The van der Waals surface area contributed by atoms with Crippen molar-refractivity contribution in [1.82, 2.24) is 9.88 Å². The zero-order valence-electron chi connectivity index (χ0n) is 13.6. The molecule has 5 nitrogen and oxygen atoms in total. The normalized spacial score (nSPS) is 16.2. The van der Waals surface area contributed by atoms with Crippen LogP contribution in [-0.2, 0) is 6.54 Å². The van der Waals surface area contributed by atoms with E-state index in [9.17, 15) is 4.79 Å². The Kier molecular flexibility index (Phi) is 4.05. The van der Waals surface area contributed by atoms with Gasteiger partial charge in [-0.15, -0.1) is 0 Å². The molecule has 4 rings (SSSR count). The number of aromatic nitrogens is 1. The van der Waals surface area contributed by atoms with Crippen LogP contribution in [0.1, 0.15) is 33.5 Å². The Hall–Kier alpha value is -2.60. The van der Waals surface area contributed by atoms with E-state index in [-0.39, 0.29) is 12.1 Å². The van der Waals surface area contributed by atoms with Gasteiger partial charge in [-0.3, -0.25) is 9.78 Å². The average Bonchev–Trinajstić information content (AvgIpc) is 3.20. The van der Waals surface area contributed by atoms with Crippen molar-refractivity contribution < 1.29 is 9.21 Å². The van der Waals surface area contributed by atoms with E-state index >= 15 is 0 Å². The number of benzene rings is 1. The molecule has 0 saturated carbocycles. The lowest BCUT2D eigenvalue weighted by atomic mass is 10.2. The zero-order valence-corrected chi connectivity index (χ0v) is 15.2. The van der Waals surface area contributed by atoms with Crippen molar-refractivity contribution in [2.75, 3.05) is 5.32 Å². The van der Waals surface area contributed by atoms with Crippen LogP contribution in [0, 0.1) is 6.92 Å². The van der Waals surface area contributed by atoms with Crippen molar-refractivity contribution in [3.8, 4) is 0 Å². The van der Waals surface area contributed by atoms with Crippen molar-refractivity contribution in [1.29, 1.82) is 0 Å². The largest absolute Gasteiger partial charge is 0.467 e. The van der Waals surface area contributed by atoms with Gasteiger partial charge >= 0.3 is 0 Å². The highest BCUT2D eigenvalue weighted by Crippen LogP contribution is 2.36. The summed E-state index contributed by atoms with van der Waals surface area (Å²) < 4.78 is 6.38. The van der Waals surface area contributed by atoms with Crippen LogP contribution in [0.4, 0.5) is 5.69 Å². The SMILES string of the molecule is Cc1ccc(N[C@H]2c3ncccc3C(=O)N2Cc2ccco2)c(Br)c1. The van der Waals surface area contributed by atoms with E-state index in [4.69, 9.17) is 4.42 Å². The first-order valence-electron chi connectivity index (χ1n) is 7.94. The van der Waals surface area contributed by atoms with Gasteiger partial charge in [0.15, 0.2) is 0 Å². The zero-order chi connectivity index (χ0) is 17.4. The summed E-state index contributed by atoms with van der Waals surface area (Å²) in [6, 6.07) is 13.3. The Bertz CT molecular complexity index is 924. The van der Waals surface area contributed by atoms with Crippen LogP contribution in [0.5, 0.6) is 0 Å². The second kappa shape index (κ2) is 6.37. The van der Waals surface area contributed by atoms with Gasteiger partial charge in [0.2, 0.25) is 0 Å². The fourth-order valence-electron chi connectivity index (χ4n) is 3.00. The molecule has 6 heteroatoms. The molecule has 1 atom stereocenters. The van der Waals surface area contributed by atoms with E-state index < -0.39 is 0 Å². The standard InChI is InChI=1S/C19H16BrN3O2/c1-12-6-7-16(15(20)10-12)22-18-17-14(5-2-8-21-17)19(24)23(18)11-13-4-3-9-25-13/h2-10,18,22H,11H2,1H3/t18-/m1/s1. The van der Waals surface area contributed by atoms with E-state index in [1.807, 2.05) is 43.3 Å². The molecular formula is C19H16BrN3O2. The summed E-state index contributed by atoms with van der Waals surface area (Å²) in [6.07, 6.45) is 2.97. The minimum atomic E-state index is -0.354. The summed E-state index contributed by atoms with van der Waals surface area (Å²) in [7, 11) is 0. The van der Waals surface area contributed by atoms with Gasteiger partial charge in [-0.1, -0.05) is 6.07 Å². The third-order valence-electron chi connectivity index (χ3n) is 4.22. The minimum absolute atomic E-state index is 0.0553. The van der Waals surface area contributed by atoms with Crippen molar-refractivity contribution in [2.45, 2.75) is 19.6 Å². The van der Waals surface area contributed by atoms with Gasteiger partial charge in [0, 0.05) is 10.7 Å². The third kappa shape index (κ3) is 2.93. The number of halogens is 1. The Morgan fingerprint density at radius 3 is 2.92 bits per heavy atom. The van der Waals surface area contributed by atoms with Crippen LogP contribution in [0.25, 0.3) is 0 Å². The van der Waals surface area contributed by atoms with Gasteiger partial charge in [0.05, 0.1) is 29.8 Å². The predicted octanol–water partition coefficient (Wildman–Crippen LogP) is 4.51. The smallest absolute Gasteiger partial charge is 0.258 e. The molecule has 0 bridgehead atoms. The van der Waals surface area contributed by atoms with Gasteiger partial charge in [-0.25, -0.2) is 0 Å².